The van der Waals surface area contributed by atoms with Crippen molar-refractivity contribution < 1.29 is 23.0 Å². The minimum Gasteiger partial charge on any atom is -0.396 e. The third-order valence-electron chi connectivity index (χ3n) is 2.40. The zero-order valence-corrected chi connectivity index (χ0v) is 11.5. The van der Waals surface area contributed by atoms with Crippen molar-refractivity contribution in [2.75, 3.05) is 25.6 Å². The Morgan fingerprint density at radius 2 is 1.39 bits per heavy atom. The summed E-state index contributed by atoms with van der Waals surface area (Å²) in [5.41, 5.74) is -4.10. The van der Waals surface area contributed by atoms with E-state index in [0.29, 0.717) is 26.1 Å². The van der Waals surface area contributed by atoms with Gasteiger partial charge in [-0.1, -0.05) is 31.0 Å². The van der Waals surface area contributed by atoms with Gasteiger partial charge in [-0.3, -0.25) is 0 Å². The Morgan fingerprint density at radius 3 is 2.00 bits per heavy atom. The van der Waals surface area contributed by atoms with Gasteiger partial charge in [-0.2, -0.15) is 13.2 Å². The molecular weight excluding hydrogens is 265 g/mol. The number of halogens is 3. The van der Waals surface area contributed by atoms with Crippen LogP contribution in [0.4, 0.5) is 13.2 Å². The van der Waals surface area contributed by atoms with Crippen LogP contribution in [0.2, 0.25) is 0 Å². The first-order chi connectivity index (χ1) is 8.56. The molecule has 0 rings (SSSR count). The second-order valence-electron chi connectivity index (χ2n) is 4.11. The van der Waals surface area contributed by atoms with Gasteiger partial charge in [-0.15, -0.1) is 0 Å². The topological polar surface area (TPSA) is 29.5 Å². The average Bonchev–Trinajstić information content (AvgIpc) is 2.29. The monoisotopic (exact) mass is 288 g/mol. The molecule has 0 heterocycles. The van der Waals surface area contributed by atoms with Gasteiger partial charge in [0.2, 0.25) is 0 Å². The lowest BCUT2D eigenvalue weighted by Crippen LogP contribution is -2.02. The number of alkyl halides is 3. The Labute approximate surface area is 111 Å². The first kappa shape index (κ1) is 18.1. The van der Waals surface area contributed by atoms with Crippen LogP contribution in [0.15, 0.2) is 0 Å². The molecule has 0 atom stereocenters. The van der Waals surface area contributed by atoms with E-state index in [1.165, 1.54) is 0 Å². The molecule has 0 aliphatic rings. The van der Waals surface area contributed by atoms with Crippen molar-refractivity contribution >= 4 is 11.8 Å². The van der Waals surface area contributed by atoms with Gasteiger partial charge in [0.15, 0.2) is 0 Å². The molecule has 0 fully saturated rings. The van der Waals surface area contributed by atoms with Crippen molar-refractivity contribution in [3.63, 3.8) is 0 Å². The first-order valence-electron chi connectivity index (χ1n) is 6.45. The smallest absolute Gasteiger partial charge is 0.396 e. The summed E-state index contributed by atoms with van der Waals surface area (Å²) in [6.45, 7) is 1.49. The van der Waals surface area contributed by atoms with E-state index >= 15 is 0 Å². The van der Waals surface area contributed by atoms with Crippen LogP contribution in [0, 0.1) is 0 Å². The summed E-state index contributed by atoms with van der Waals surface area (Å²) in [6.07, 6.45) is 6.32. The maximum absolute atomic E-state index is 11.8. The summed E-state index contributed by atoms with van der Waals surface area (Å²) in [5, 5.41) is 8.56. The SMILES string of the molecule is OCCCCCCCOCCCCSC(F)(F)F. The summed E-state index contributed by atoms with van der Waals surface area (Å²) in [4.78, 5) is 0. The minimum absolute atomic E-state index is 0.0371. The fourth-order valence-corrected chi connectivity index (χ4v) is 2.02. The van der Waals surface area contributed by atoms with Crippen LogP contribution in [-0.2, 0) is 4.74 Å². The standard InChI is InChI=1S/C12H23F3O2S/c13-12(14,15)18-11-7-6-10-17-9-5-3-1-2-4-8-16/h16H,1-11H2. The number of unbranched alkanes of at least 4 members (excludes halogenated alkanes) is 5. The molecule has 0 radical (unpaired) electrons. The van der Waals surface area contributed by atoms with Gasteiger partial charge in [0, 0.05) is 25.6 Å². The van der Waals surface area contributed by atoms with Crippen molar-refractivity contribution in [2.45, 2.75) is 50.5 Å². The van der Waals surface area contributed by atoms with E-state index in [0.717, 1.165) is 32.1 Å². The molecule has 1 N–H and O–H groups in total. The Hall–Kier alpha value is 0.0600. The summed E-state index contributed by atoms with van der Waals surface area (Å²) in [5.74, 6) is 0.119. The predicted octanol–water partition coefficient (Wildman–Crippen LogP) is 3.98. The molecule has 0 aliphatic carbocycles. The maximum Gasteiger partial charge on any atom is 0.441 e. The first-order valence-corrected chi connectivity index (χ1v) is 7.44. The molecule has 6 heteroatoms. The van der Waals surface area contributed by atoms with Crippen LogP contribution >= 0.6 is 11.8 Å². The second-order valence-corrected chi connectivity index (χ2v) is 5.26. The Kier molecular flexibility index (Phi) is 12.2. The molecule has 0 spiro atoms. The summed E-state index contributed by atoms with van der Waals surface area (Å²) in [6, 6.07) is 0. The normalized spacial score (nSPS) is 12.0. The molecule has 0 unspecified atom stereocenters. The third-order valence-corrected chi connectivity index (χ3v) is 3.22. The number of aliphatic hydroxyl groups excluding tert-OH is 1. The van der Waals surface area contributed by atoms with Gasteiger partial charge in [-0.05, 0) is 25.7 Å². The summed E-state index contributed by atoms with van der Waals surface area (Å²) in [7, 11) is 0. The molecule has 0 aromatic heterocycles. The highest BCUT2D eigenvalue weighted by Gasteiger charge is 2.27. The second kappa shape index (κ2) is 12.1. The molecule has 0 aromatic carbocycles. The van der Waals surface area contributed by atoms with Crippen molar-refractivity contribution in [2.24, 2.45) is 0 Å². The van der Waals surface area contributed by atoms with Crippen LogP contribution in [0.1, 0.15) is 44.9 Å². The Balaban J connectivity index is 2.99. The van der Waals surface area contributed by atoms with E-state index in [1.807, 2.05) is 0 Å². The molecule has 0 amide bonds. The number of thioether (sulfide) groups is 1. The van der Waals surface area contributed by atoms with Crippen LogP contribution in [0.5, 0.6) is 0 Å². The van der Waals surface area contributed by atoms with Crippen LogP contribution < -0.4 is 0 Å². The molecule has 0 aromatic rings. The third kappa shape index (κ3) is 16.1. The Morgan fingerprint density at radius 1 is 0.833 bits per heavy atom. The van der Waals surface area contributed by atoms with E-state index in [9.17, 15) is 13.2 Å². The summed E-state index contributed by atoms with van der Waals surface area (Å²) >= 11 is 0.0371. The molecule has 0 saturated carbocycles. The highest BCUT2D eigenvalue weighted by atomic mass is 32.2. The minimum atomic E-state index is -4.10. The molecule has 110 valence electrons. The molecule has 2 nitrogen and oxygen atoms in total. The van der Waals surface area contributed by atoms with Crippen molar-refractivity contribution in [1.82, 2.24) is 0 Å². The molecule has 18 heavy (non-hydrogen) atoms. The summed E-state index contributed by atoms with van der Waals surface area (Å²) < 4.78 is 40.7. The van der Waals surface area contributed by atoms with E-state index in [1.54, 1.807) is 0 Å². The highest BCUT2D eigenvalue weighted by molar-refractivity contribution is 8.00. The lowest BCUT2D eigenvalue weighted by atomic mass is 10.1. The van der Waals surface area contributed by atoms with E-state index in [-0.39, 0.29) is 24.1 Å². The molecular formula is C12H23F3O2S. The highest BCUT2D eigenvalue weighted by Crippen LogP contribution is 2.30. The van der Waals surface area contributed by atoms with Crippen molar-refractivity contribution in [3.05, 3.63) is 0 Å². The van der Waals surface area contributed by atoms with E-state index in [2.05, 4.69) is 0 Å². The lowest BCUT2D eigenvalue weighted by Gasteiger charge is -2.06. The van der Waals surface area contributed by atoms with Crippen molar-refractivity contribution in [1.29, 1.82) is 0 Å². The number of ether oxygens (including phenoxy) is 1. The van der Waals surface area contributed by atoms with Gasteiger partial charge in [0.25, 0.3) is 0 Å². The quantitative estimate of drug-likeness (QED) is 0.551. The average molecular weight is 288 g/mol. The largest absolute Gasteiger partial charge is 0.441 e. The number of aliphatic hydroxyl groups is 1. The van der Waals surface area contributed by atoms with Crippen molar-refractivity contribution in [3.8, 4) is 0 Å². The number of hydrogen-bond donors (Lipinski definition) is 1. The number of rotatable bonds is 12. The van der Waals surface area contributed by atoms with E-state index < -0.39 is 5.51 Å². The van der Waals surface area contributed by atoms with Crippen LogP contribution in [0.25, 0.3) is 0 Å². The van der Waals surface area contributed by atoms with Gasteiger partial charge in [-0.25, -0.2) is 0 Å². The van der Waals surface area contributed by atoms with Gasteiger partial charge in [0.1, 0.15) is 0 Å². The fraction of sp³-hybridized carbons (Fsp3) is 1.00. The predicted molar refractivity (Wildman–Crippen MR) is 68.7 cm³/mol. The zero-order valence-electron chi connectivity index (χ0n) is 10.7. The van der Waals surface area contributed by atoms with Gasteiger partial charge in [0.05, 0.1) is 0 Å². The van der Waals surface area contributed by atoms with Crippen LogP contribution in [-0.4, -0.2) is 36.2 Å². The molecule has 0 saturated heterocycles. The Bertz CT molecular complexity index is 177. The zero-order chi connectivity index (χ0) is 13.7. The maximum atomic E-state index is 11.8. The number of hydrogen-bond acceptors (Lipinski definition) is 3. The molecule has 0 bridgehead atoms. The fourth-order valence-electron chi connectivity index (χ4n) is 1.44. The van der Waals surface area contributed by atoms with E-state index in [4.69, 9.17) is 9.84 Å². The van der Waals surface area contributed by atoms with Gasteiger partial charge < -0.3 is 9.84 Å². The van der Waals surface area contributed by atoms with Crippen LogP contribution in [0.3, 0.4) is 0 Å². The molecule has 0 aliphatic heterocycles. The van der Waals surface area contributed by atoms with Gasteiger partial charge >= 0.3 is 5.51 Å². The lowest BCUT2D eigenvalue weighted by molar-refractivity contribution is -0.0328.